The maximum Gasteiger partial charge on any atom is 0.142 e. The molecule has 0 spiro atoms. The Hall–Kier alpha value is -2.53. The van der Waals surface area contributed by atoms with Crippen molar-refractivity contribution < 1.29 is 0 Å². The lowest BCUT2D eigenvalue weighted by Gasteiger charge is -2.11. The molecule has 2 aromatic rings. The molecule has 1 fully saturated rings. The fourth-order valence-electron chi connectivity index (χ4n) is 3.75. The summed E-state index contributed by atoms with van der Waals surface area (Å²) < 4.78 is 0. The molecular weight excluding hydrogens is 488 g/mol. The first kappa shape index (κ1) is 29.7. The van der Waals surface area contributed by atoms with E-state index < -0.39 is 0 Å². The number of imidazole rings is 1. The third kappa shape index (κ3) is 9.85. The standard InChI is InChI=1S/C18H23N5S2.C8H17N3/c1-11(24-3)9-14-16(7-8-20-2)25-18(23-14)15-10-21-17(22-15)12-5-4-6-13(12)19;1-10-7-8-11-6-4-2-3-5-9/h7-10,12-13H,2,4-6,19H2,1,3H3,(H,21,22);7-8,11H,1-6,9H2/b8-7+,11-9+;8-7-/t12?,13-;/m0./s1. The molecule has 8 nitrogen and oxygen atoms in total. The average Bonchev–Trinajstić information content (AvgIpc) is 3.62. The molecule has 6 N–H and O–H groups in total. The van der Waals surface area contributed by atoms with E-state index >= 15 is 0 Å². The minimum atomic E-state index is 0.204. The van der Waals surface area contributed by atoms with Crippen molar-refractivity contribution in [1.29, 1.82) is 0 Å². The number of thioether (sulfide) groups is 1. The molecular formula is C26H40N8S2. The summed E-state index contributed by atoms with van der Waals surface area (Å²) in [6, 6.07) is 0.204. The predicted octanol–water partition coefficient (Wildman–Crippen LogP) is 5.40. The fraction of sp³-hybridized carbons (Fsp3) is 0.462. The van der Waals surface area contributed by atoms with Gasteiger partial charge in [0.2, 0.25) is 0 Å². The molecule has 2 heterocycles. The molecule has 1 unspecified atom stereocenters. The number of aromatic nitrogens is 3. The van der Waals surface area contributed by atoms with E-state index in [0.717, 1.165) is 59.4 Å². The number of aliphatic imine (C=N–C) groups is 2. The number of nitrogens with two attached hydrogens (primary N) is 2. The number of unbranched alkanes of at least 4 members (excludes halogenated alkanes) is 2. The number of nitrogens with zero attached hydrogens (tertiary/aromatic N) is 4. The molecule has 1 saturated carbocycles. The first-order valence-corrected chi connectivity index (χ1v) is 14.3. The number of aromatic amines is 1. The number of thiazole rings is 1. The minimum Gasteiger partial charge on any atom is -0.390 e. The molecule has 0 aliphatic heterocycles. The molecule has 0 bridgehead atoms. The molecule has 3 rings (SSSR count). The van der Waals surface area contributed by atoms with Crippen LogP contribution >= 0.6 is 23.1 Å². The van der Waals surface area contributed by atoms with Crippen molar-refractivity contribution in [3.63, 3.8) is 0 Å². The largest absolute Gasteiger partial charge is 0.390 e. The van der Waals surface area contributed by atoms with Crippen LogP contribution in [-0.2, 0) is 0 Å². The monoisotopic (exact) mass is 528 g/mol. The van der Waals surface area contributed by atoms with Gasteiger partial charge in [-0.05, 0) is 75.9 Å². The van der Waals surface area contributed by atoms with Crippen LogP contribution in [0.3, 0.4) is 0 Å². The zero-order chi connectivity index (χ0) is 26.2. The van der Waals surface area contributed by atoms with Crippen LogP contribution in [-0.4, -0.2) is 53.8 Å². The Labute approximate surface area is 223 Å². The lowest BCUT2D eigenvalue weighted by atomic mass is 10.0. The Morgan fingerprint density at radius 3 is 2.75 bits per heavy atom. The van der Waals surface area contributed by atoms with E-state index in [1.165, 1.54) is 24.2 Å². The van der Waals surface area contributed by atoms with Gasteiger partial charge in [0.1, 0.15) is 10.8 Å². The van der Waals surface area contributed by atoms with Gasteiger partial charge in [0, 0.05) is 37.1 Å². The van der Waals surface area contributed by atoms with E-state index in [1.54, 1.807) is 41.7 Å². The predicted molar refractivity (Wildman–Crippen MR) is 160 cm³/mol. The zero-order valence-corrected chi connectivity index (χ0v) is 23.1. The van der Waals surface area contributed by atoms with E-state index in [2.05, 4.69) is 58.0 Å². The van der Waals surface area contributed by atoms with Crippen LogP contribution in [0.1, 0.15) is 67.8 Å². The molecule has 1 aliphatic carbocycles. The van der Waals surface area contributed by atoms with Gasteiger partial charge in [0.05, 0.1) is 22.5 Å². The summed E-state index contributed by atoms with van der Waals surface area (Å²) in [5.74, 6) is 1.31. The Balaban J connectivity index is 0.000000352. The van der Waals surface area contributed by atoms with Crippen molar-refractivity contribution in [2.45, 2.75) is 57.4 Å². The number of rotatable bonds is 13. The highest BCUT2D eigenvalue weighted by molar-refractivity contribution is 8.02. The number of H-pyrrole nitrogens is 1. The SMILES string of the molecule is C=N/C=C/c1sc(-c2cnc(C3CCC[C@@H]3N)[nH]2)nc1/C=C(\C)SC.C=N/C=C\NCCCCCN. The Bertz CT molecular complexity index is 1020. The van der Waals surface area contributed by atoms with E-state index in [4.69, 9.17) is 16.5 Å². The summed E-state index contributed by atoms with van der Waals surface area (Å²) in [6.45, 7) is 10.7. The van der Waals surface area contributed by atoms with Crippen molar-refractivity contribution in [3.05, 3.63) is 46.1 Å². The highest BCUT2D eigenvalue weighted by Gasteiger charge is 2.28. The maximum atomic E-state index is 6.20. The number of nitrogens with one attached hydrogen (secondary N) is 2. The first-order valence-electron chi connectivity index (χ1n) is 12.2. The van der Waals surface area contributed by atoms with Gasteiger partial charge in [-0.15, -0.1) is 23.1 Å². The second-order valence-electron chi connectivity index (χ2n) is 8.41. The number of allylic oxidation sites excluding steroid dienone is 1. The maximum absolute atomic E-state index is 6.20. The van der Waals surface area contributed by atoms with Gasteiger partial charge >= 0.3 is 0 Å². The summed E-state index contributed by atoms with van der Waals surface area (Å²) >= 11 is 3.33. The van der Waals surface area contributed by atoms with Gasteiger partial charge in [0.15, 0.2) is 0 Å². The summed E-state index contributed by atoms with van der Waals surface area (Å²) in [6.07, 6.45) is 19.9. The van der Waals surface area contributed by atoms with Crippen molar-refractivity contribution in [3.8, 4) is 10.7 Å². The molecule has 196 valence electrons. The number of hydrogen-bond donors (Lipinski definition) is 4. The number of hydrogen-bond acceptors (Lipinski definition) is 9. The lowest BCUT2D eigenvalue weighted by molar-refractivity contribution is 0.587. The van der Waals surface area contributed by atoms with Crippen molar-refractivity contribution in [1.82, 2.24) is 20.3 Å². The summed E-state index contributed by atoms with van der Waals surface area (Å²) in [4.78, 5) is 22.4. The third-order valence-corrected chi connectivity index (χ3v) is 7.58. The second-order valence-corrected chi connectivity index (χ2v) is 10.5. The molecule has 2 atom stereocenters. The highest BCUT2D eigenvalue weighted by atomic mass is 32.2. The van der Waals surface area contributed by atoms with Crippen LogP contribution < -0.4 is 16.8 Å². The fourth-order valence-corrected chi connectivity index (χ4v) is 4.89. The summed E-state index contributed by atoms with van der Waals surface area (Å²) in [5, 5.41) is 4.02. The topological polar surface area (TPSA) is 130 Å². The Morgan fingerprint density at radius 2 is 2.08 bits per heavy atom. The van der Waals surface area contributed by atoms with Crippen LogP contribution in [0, 0.1) is 0 Å². The Kier molecular flexibility index (Phi) is 14.0. The van der Waals surface area contributed by atoms with Crippen LogP contribution in [0.25, 0.3) is 22.9 Å². The lowest BCUT2D eigenvalue weighted by Crippen LogP contribution is -2.23. The summed E-state index contributed by atoms with van der Waals surface area (Å²) in [7, 11) is 0. The highest BCUT2D eigenvalue weighted by Crippen LogP contribution is 2.34. The van der Waals surface area contributed by atoms with Gasteiger partial charge in [-0.1, -0.05) is 12.8 Å². The molecule has 36 heavy (non-hydrogen) atoms. The molecule has 0 aromatic carbocycles. The average molecular weight is 529 g/mol. The molecule has 0 radical (unpaired) electrons. The second kappa shape index (κ2) is 17.0. The molecule has 0 amide bonds. The smallest absolute Gasteiger partial charge is 0.142 e. The van der Waals surface area contributed by atoms with Crippen LogP contribution in [0.2, 0.25) is 0 Å². The summed E-state index contributed by atoms with van der Waals surface area (Å²) in [5.41, 5.74) is 13.4. The Morgan fingerprint density at radius 1 is 1.28 bits per heavy atom. The molecule has 0 saturated heterocycles. The van der Waals surface area contributed by atoms with Crippen molar-refractivity contribution >= 4 is 48.7 Å². The molecule has 10 heteroatoms. The van der Waals surface area contributed by atoms with E-state index in [9.17, 15) is 0 Å². The van der Waals surface area contributed by atoms with Crippen molar-refractivity contribution in [2.75, 3.05) is 19.3 Å². The van der Waals surface area contributed by atoms with Gasteiger partial charge in [0.25, 0.3) is 0 Å². The molecule has 1 aliphatic rings. The zero-order valence-electron chi connectivity index (χ0n) is 21.4. The molecule has 2 aromatic heterocycles. The van der Waals surface area contributed by atoms with Crippen LogP contribution in [0.4, 0.5) is 0 Å². The van der Waals surface area contributed by atoms with Crippen molar-refractivity contribution in [2.24, 2.45) is 21.5 Å². The van der Waals surface area contributed by atoms with Gasteiger partial charge in [-0.2, -0.15) is 0 Å². The van der Waals surface area contributed by atoms with E-state index in [0.29, 0.717) is 5.92 Å². The van der Waals surface area contributed by atoms with Gasteiger partial charge in [-0.25, -0.2) is 9.97 Å². The quantitative estimate of drug-likeness (QED) is 0.203. The minimum absolute atomic E-state index is 0.204. The third-order valence-electron chi connectivity index (χ3n) is 5.74. The normalized spacial score (nSPS) is 17.9. The van der Waals surface area contributed by atoms with Gasteiger partial charge < -0.3 is 21.8 Å². The van der Waals surface area contributed by atoms with Crippen LogP contribution in [0.15, 0.2) is 39.7 Å². The first-order chi connectivity index (χ1) is 17.5. The van der Waals surface area contributed by atoms with Crippen LogP contribution in [0.5, 0.6) is 0 Å². The van der Waals surface area contributed by atoms with E-state index in [1.807, 2.05) is 12.3 Å². The van der Waals surface area contributed by atoms with Gasteiger partial charge in [-0.3, -0.25) is 9.98 Å². The van der Waals surface area contributed by atoms with E-state index in [-0.39, 0.29) is 6.04 Å².